The Bertz CT molecular complexity index is 1010. The van der Waals surface area contributed by atoms with E-state index in [1.54, 1.807) is 6.26 Å². The molecule has 8 heteroatoms. The number of amides is 1. The Kier molecular flexibility index (Phi) is 6.63. The lowest BCUT2D eigenvalue weighted by atomic mass is 9.95. The van der Waals surface area contributed by atoms with Crippen LogP contribution >= 0.6 is 27.7 Å². The molecule has 1 aromatic carbocycles. The number of nitrogens with zero attached hydrogens (tertiary/aromatic N) is 3. The summed E-state index contributed by atoms with van der Waals surface area (Å²) in [7, 11) is 0. The van der Waals surface area contributed by atoms with E-state index in [-0.39, 0.29) is 11.2 Å². The van der Waals surface area contributed by atoms with Crippen molar-refractivity contribution in [2.45, 2.75) is 62.4 Å². The number of carbonyl (C=O) groups is 1. The van der Waals surface area contributed by atoms with Crippen molar-refractivity contribution in [2.75, 3.05) is 5.32 Å². The zero-order valence-corrected chi connectivity index (χ0v) is 19.5. The van der Waals surface area contributed by atoms with Gasteiger partial charge in [0, 0.05) is 10.5 Å². The van der Waals surface area contributed by atoms with Gasteiger partial charge in [-0.15, -0.1) is 10.2 Å². The number of aromatic nitrogens is 3. The molecule has 0 radical (unpaired) electrons. The molecule has 1 N–H and O–H groups in total. The van der Waals surface area contributed by atoms with Gasteiger partial charge in [-0.1, -0.05) is 37.1 Å². The van der Waals surface area contributed by atoms with E-state index >= 15 is 0 Å². The highest BCUT2D eigenvalue weighted by molar-refractivity contribution is 9.10. The van der Waals surface area contributed by atoms with Crippen molar-refractivity contribution in [3.05, 3.63) is 46.6 Å². The number of furan rings is 1. The number of rotatable bonds is 6. The van der Waals surface area contributed by atoms with Crippen LogP contribution in [0.1, 0.15) is 50.6 Å². The minimum Gasteiger partial charge on any atom is -0.461 e. The van der Waals surface area contributed by atoms with Crippen LogP contribution in [-0.2, 0) is 4.79 Å². The van der Waals surface area contributed by atoms with Crippen LogP contribution in [0.25, 0.3) is 11.6 Å². The van der Waals surface area contributed by atoms with Gasteiger partial charge in [-0.05, 0) is 72.4 Å². The third-order valence-electron chi connectivity index (χ3n) is 5.38. The lowest BCUT2D eigenvalue weighted by molar-refractivity contribution is -0.115. The zero-order chi connectivity index (χ0) is 21.1. The summed E-state index contributed by atoms with van der Waals surface area (Å²) in [6, 6.07) is 9.98. The second-order valence-corrected chi connectivity index (χ2v) is 9.84. The quantitative estimate of drug-likeness (QED) is 0.416. The van der Waals surface area contributed by atoms with Crippen LogP contribution in [0.15, 0.2) is 50.6 Å². The van der Waals surface area contributed by atoms with Crippen LogP contribution in [0.5, 0.6) is 0 Å². The topological polar surface area (TPSA) is 73.0 Å². The Morgan fingerprint density at radius 2 is 2.07 bits per heavy atom. The zero-order valence-electron chi connectivity index (χ0n) is 17.1. The highest BCUT2D eigenvalue weighted by atomic mass is 79.9. The number of benzene rings is 1. The van der Waals surface area contributed by atoms with Crippen molar-refractivity contribution in [1.29, 1.82) is 0 Å². The molecule has 1 saturated carbocycles. The maximum absolute atomic E-state index is 12.8. The van der Waals surface area contributed by atoms with Crippen molar-refractivity contribution in [1.82, 2.24) is 14.8 Å². The van der Waals surface area contributed by atoms with Gasteiger partial charge in [0.1, 0.15) is 0 Å². The predicted molar refractivity (Wildman–Crippen MR) is 123 cm³/mol. The van der Waals surface area contributed by atoms with Gasteiger partial charge in [-0.3, -0.25) is 9.36 Å². The molecule has 158 valence electrons. The van der Waals surface area contributed by atoms with E-state index in [0.717, 1.165) is 39.5 Å². The summed E-state index contributed by atoms with van der Waals surface area (Å²) in [4.78, 5) is 12.8. The largest absolute Gasteiger partial charge is 0.461 e. The number of thioether (sulfide) groups is 1. The highest BCUT2D eigenvalue weighted by Crippen LogP contribution is 2.37. The minimum absolute atomic E-state index is 0.0673. The molecule has 3 aromatic rings. The molecule has 0 bridgehead atoms. The first-order valence-corrected chi connectivity index (χ1v) is 11.9. The molecule has 1 aliphatic carbocycles. The standard InChI is InChI=1S/C22H25BrN4O2S/c1-14-10-11-18(17(23)13-14)24-21(28)15(2)30-22-26-25-20(19-9-6-12-29-19)27(22)16-7-4-3-5-8-16/h6,9-13,15-16H,3-5,7-8H2,1-2H3,(H,24,28). The van der Waals surface area contributed by atoms with Crippen molar-refractivity contribution < 1.29 is 9.21 Å². The molecule has 1 unspecified atom stereocenters. The van der Waals surface area contributed by atoms with Gasteiger partial charge < -0.3 is 9.73 Å². The van der Waals surface area contributed by atoms with E-state index in [9.17, 15) is 4.79 Å². The average molecular weight is 489 g/mol. The Balaban J connectivity index is 1.55. The van der Waals surface area contributed by atoms with Crippen molar-refractivity contribution in [3.63, 3.8) is 0 Å². The average Bonchev–Trinajstić information content (AvgIpc) is 3.40. The minimum atomic E-state index is -0.325. The van der Waals surface area contributed by atoms with Crippen molar-refractivity contribution in [2.24, 2.45) is 0 Å². The smallest absolute Gasteiger partial charge is 0.237 e. The Morgan fingerprint density at radius 1 is 1.27 bits per heavy atom. The Morgan fingerprint density at radius 3 is 2.77 bits per heavy atom. The molecule has 6 nitrogen and oxygen atoms in total. The van der Waals surface area contributed by atoms with Gasteiger partial charge in [0.2, 0.25) is 11.7 Å². The molecule has 1 amide bonds. The molecule has 1 aliphatic rings. The molecule has 2 aromatic heterocycles. The van der Waals surface area contributed by atoms with Gasteiger partial charge >= 0.3 is 0 Å². The number of aryl methyl sites for hydroxylation is 1. The molecule has 2 heterocycles. The third-order valence-corrected chi connectivity index (χ3v) is 7.09. The van der Waals surface area contributed by atoms with E-state index in [1.165, 1.54) is 31.0 Å². The number of halogens is 1. The second kappa shape index (κ2) is 9.39. The fourth-order valence-electron chi connectivity index (χ4n) is 3.77. The first kappa shape index (κ1) is 21.2. The normalized spacial score (nSPS) is 15.8. The number of carbonyl (C=O) groups excluding carboxylic acids is 1. The van der Waals surface area contributed by atoms with Crippen molar-refractivity contribution in [3.8, 4) is 11.6 Å². The van der Waals surface area contributed by atoms with Crippen LogP contribution in [0.2, 0.25) is 0 Å². The van der Waals surface area contributed by atoms with Crippen molar-refractivity contribution >= 4 is 39.3 Å². The van der Waals surface area contributed by atoms with Crippen LogP contribution in [-0.4, -0.2) is 25.9 Å². The van der Waals surface area contributed by atoms with Gasteiger partial charge in [-0.2, -0.15) is 0 Å². The number of anilines is 1. The SMILES string of the molecule is Cc1ccc(NC(=O)C(C)Sc2nnc(-c3ccco3)n2C2CCCCC2)c(Br)c1. The first-order valence-electron chi connectivity index (χ1n) is 10.3. The lowest BCUT2D eigenvalue weighted by Crippen LogP contribution is -2.24. The molecule has 1 fully saturated rings. The molecule has 0 spiro atoms. The van der Waals surface area contributed by atoms with Crippen LogP contribution in [0, 0.1) is 6.92 Å². The fourth-order valence-corrected chi connectivity index (χ4v) is 5.28. The van der Waals surface area contributed by atoms with Crippen LogP contribution < -0.4 is 5.32 Å². The summed E-state index contributed by atoms with van der Waals surface area (Å²) < 4.78 is 8.65. The van der Waals surface area contributed by atoms with E-state index in [2.05, 4.69) is 36.0 Å². The molecule has 1 atom stereocenters. The van der Waals surface area contributed by atoms with E-state index in [4.69, 9.17) is 4.42 Å². The lowest BCUT2D eigenvalue weighted by Gasteiger charge is -2.25. The van der Waals surface area contributed by atoms with Gasteiger partial charge in [-0.25, -0.2) is 0 Å². The van der Waals surface area contributed by atoms with E-state index < -0.39 is 0 Å². The third kappa shape index (κ3) is 4.64. The fraction of sp³-hybridized carbons (Fsp3) is 0.409. The summed E-state index contributed by atoms with van der Waals surface area (Å²) >= 11 is 4.96. The molecular formula is C22H25BrN4O2S. The molecule has 0 saturated heterocycles. The van der Waals surface area contributed by atoms with Crippen LogP contribution in [0.3, 0.4) is 0 Å². The molecular weight excluding hydrogens is 464 g/mol. The van der Waals surface area contributed by atoms with Gasteiger partial charge in [0.15, 0.2) is 10.9 Å². The molecule has 0 aliphatic heterocycles. The monoisotopic (exact) mass is 488 g/mol. The Labute approximate surface area is 189 Å². The maximum Gasteiger partial charge on any atom is 0.237 e. The summed E-state index contributed by atoms with van der Waals surface area (Å²) in [5.41, 5.74) is 1.90. The summed E-state index contributed by atoms with van der Waals surface area (Å²) in [6.07, 6.45) is 7.50. The van der Waals surface area contributed by atoms with Gasteiger partial charge in [0.25, 0.3) is 0 Å². The highest BCUT2D eigenvalue weighted by Gasteiger charge is 2.27. The van der Waals surface area contributed by atoms with Crippen LogP contribution in [0.4, 0.5) is 5.69 Å². The van der Waals surface area contributed by atoms with E-state index in [0.29, 0.717) is 11.8 Å². The van der Waals surface area contributed by atoms with E-state index in [1.807, 2.05) is 44.2 Å². The van der Waals surface area contributed by atoms with Gasteiger partial charge in [0.05, 0.1) is 17.2 Å². The second-order valence-electron chi connectivity index (χ2n) is 7.68. The summed E-state index contributed by atoms with van der Waals surface area (Å²) in [5, 5.41) is 12.3. The number of nitrogens with one attached hydrogen (secondary N) is 1. The number of hydrogen-bond donors (Lipinski definition) is 1. The predicted octanol–water partition coefficient (Wildman–Crippen LogP) is 6.23. The summed E-state index contributed by atoms with van der Waals surface area (Å²) in [5.74, 6) is 1.38. The summed E-state index contributed by atoms with van der Waals surface area (Å²) in [6.45, 7) is 3.91. The first-order chi connectivity index (χ1) is 14.5. The Hall–Kier alpha value is -2.06. The molecule has 30 heavy (non-hydrogen) atoms. The maximum atomic E-state index is 12.8. The molecule has 4 rings (SSSR count). The number of hydrogen-bond acceptors (Lipinski definition) is 5.